The highest BCUT2D eigenvalue weighted by Crippen LogP contribution is 2.42. The molecule has 158 valence electrons. The third kappa shape index (κ3) is 3.98. The van der Waals surface area contributed by atoms with Gasteiger partial charge in [-0.2, -0.15) is 0 Å². The number of allylic oxidation sites excluding steroid dienone is 4. The predicted molar refractivity (Wildman–Crippen MR) is 120 cm³/mol. The Morgan fingerprint density at radius 3 is 2.27 bits per heavy atom. The topological polar surface area (TPSA) is 92.8 Å². The van der Waals surface area contributed by atoms with Crippen LogP contribution < -0.4 is 10.2 Å². The smallest absolute Gasteiger partial charge is 0.239 e. The average Bonchev–Trinajstić information content (AvgIpc) is 3.21. The predicted octanol–water partition coefficient (Wildman–Crippen LogP) is 5.35. The molecule has 0 aliphatic heterocycles. The van der Waals surface area contributed by atoms with E-state index in [0.29, 0.717) is 17.7 Å². The van der Waals surface area contributed by atoms with Crippen LogP contribution in [-0.4, -0.2) is 22.3 Å². The first-order valence-electron chi connectivity index (χ1n) is 9.51. The molecular formula is C23H25NO5S. The van der Waals surface area contributed by atoms with Gasteiger partial charge in [-0.1, -0.05) is 23.3 Å². The number of hydrogen-bond donors (Lipinski definition) is 2. The molecule has 0 bridgehead atoms. The van der Waals surface area contributed by atoms with Crippen molar-refractivity contribution in [3.8, 4) is 28.7 Å². The summed E-state index contributed by atoms with van der Waals surface area (Å²) in [6, 6.07) is 0. The second kappa shape index (κ2) is 8.75. The van der Waals surface area contributed by atoms with Crippen molar-refractivity contribution in [1.82, 2.24) is 4.98 Å². The number of phenolic OH excluding ortho intramolecular Hbond substituents is 2. The Morgan fingerprint density at radius 2 is 1.73 bits per heavy atom. The molecule has 1 aromatic carbocycles. The summed E-state index contributed by atoms with van der Waals surface area (Å²) in [4.78, 5) is 17.5. The van der Waals surface area contributed by atoms with Gasteiger partial charge in [0.1, 0.15) is 28.2 Å². The highest BCUT2D eigenvalue weighted by atomic mass is 32.1. The van der Waals surface area contributed by atoms with Crippen LogP contribution in [0.2, 0.25) is 0 Å². The van der Waals surface area contributed by atoms with Crippen molar-refractivity contribution in [1.29, 1.82) is 0 Å². The van der Waals surface area contributed by atoms with Gasteiger partial charge < -0.3 is 19.4 Å². The van der Waals surface area contributed by atoms with Crippen molar-refractivity contribution in [2.24, 2.45) is 0 Å². The fourth-order valence-electron chi connectivity index (χ4n) is 3.17. The van der Waals surface area contributed by atoms with Crippen molar-refractivity contribution >= 4 is 22.3 Å². The van der Waals surface area contributed by atoms with Crippen LogP contribution in [0.3, 0.4) is 0 Å². The lowest BCUT2D eigenvalue weighted by Gasteiger charge is -2.16. The standard InChI is InChI=1S/C23H25NO5S/c1-12(2)6-8-14-18(25)15(9-7-13(3)4)21-17(19(14)26)20(27)23(28-5)22(29-21)16-10-30-11-24-16/h6-7,10-11,25-26H,8-9H2,1-5H3. The Balaban J connectivity index is 2.45. The molecule has 7 heteroatoms. The Bertz CT molecular complexity index is 1200. The second-order valence-corrected chi connectivity index (χ2v) is 8.22. The fraction of sp³-hybridized carbons (Fsp3) is 0.304. The minimum Gasteiger partial charge on any atom is -0.507 e. The van der Waals surface area contributed by atoms with E-state index in [0.717, 1.165) is 11.1 Å². The van der Waals surface area contributed by atoms with E-state index in [1.54, 1.807) is 10.9 Å². The minimum absolute atomic E-state index is 0.00191. The number of aromatic hydroxyl groups is 2. The maximum absolute atomic E-state index is 13.3. The van der Waals surface area contributed by atoms with E-state index in [4.69, 9.17) is 9.15 Å². The van der Waals surface area contributed by atoms with Crippen molar-refractivity contribution in [3.63, 3.8) is 0 Å². The summed E-state index contributed by atoms with van der Waals surface area (Å²) in [7, 11) is 1.37. The number of aromatic nitrogens is 1. The zero-order valence-corrected chi connectivity index (χ0v) is 18.5. The first kappa shape index (κ1) is 21.6. The van der Waals surface area contributed by atoms with E-state index in [2.05, 4.69) is 4.98 Å². The summed E-state index contributed by atoms with van der Waals surface area (Å²) >= 11 is 1.36. The van der Waals surface area contributed by atoms with Crippen LogP contribution in [0.5, 0.6) is 17.2 Å². The molecule has 0 fully saturated rings. The first-order valence-corrected chi connectivity index (χ1v) is 10.5. The number of fused-ring (bicyclic) bond motifs is 1. The van der Waals surface area contributed by atoms with Gasteiger partial charge in [0.05, 0.1) is 12.6 Å². The van der Waals surface area contributed by atoms with Crippen molar-refractivity contribution < 1.29 is 19.4 Å². The summed E-state index contributed by atoms with van der Waals surface area (Å²) in [5, 5.41) is 23.7. The molecule has 6 nitrogen and oxygen atoms in total. The largest absolute Gasteiger partial charge is 0.507 e. The summed E-state index contributed by atoms with van der Waals surface area (Å²) < 4.78 is 11.4. The fourth-order valence-corrected chi connectivity index (χ4v) is 3.71. The Kier molecular flexibility index (Phi) is 6.31. The SMILES string of the molecule is COc1c(-c2cscn2)oc2c(CC=C(C)C)c(O)c(CC=C(C)C)c(O)c2c1=O. The molecule has 0 unspecified atom stereocenters. The van der Waals surface area contributed by atoms with Crippen LogP contribution in [0.4, 0.5) is 0 Å². The number of methoxy groups -OCH3 is 1. The zero-order valence-electron chi connectivity index (χ0n) is 17.7. The van der Waals surface area contributed by atoms with Gasteiger partial charge in [0.15, 0.2) is 5.76 Å². The molecule has 2 N–H and O–H groups in total. The molecule has 3 aromatic rings. The number of benzene rings is 1. The molecule has 0 spiro atoms. The maximum atomic E-state index is 13.3. The molecule has 3 rings (SSSR count). The Morgan fingerprint density at radius 1 is 1.10 bits per heavy atom. The van der Waals surface area contributed by atoms with Crippen molar-refractivity contribution in [2.45, 2.75) is 40.5 Å². The normalized spacial score (nSPS) is 10.8. The molecule has 0 amide bonds. The number of rotatable bonds is 6. The Labute approximate surface area is 178 Å². The van der Waals surface area contributed by atoms with Crippen LogP contribution >= 0.6 is 11.3 Å². The van der Waals surface area contributed by atoms with Crippen LogP contribution in [0.15, 0.2) is 43.4 Å². The van der Waals surface area contributed by atoms with Gasteiger partial charge in [-0.05, 0) is 40.5 Å². The second-order valence-electron chi connectivity index (χ2n) is 7.50. The molecular weight excluding hydrogens is 402 g/mol. The van der Waals surface area contributed by atoms with Crippen LogP contribution in [-0.2, 0) is 12.8 Å². The van der Waals surface area contributed by atoms with Gasteiger partial charge in [-0.3, -0.25) is 4.79 Å². The first-order chi connectivity index (χ1) is 14.3. The van der Waals surface area contributed by atoms with Gasteiger partial charge >= 0.3 is 0 Å². The molecule has 0 atom stereocenters. The molecule has 30 heavy (non-hydrogen) atoms. The van der Waals surface area contributed by atoms with Gasteiger partial charge in [-0.15, -0.1) is 11.3 Å². The molecule has 2 heterocycles. The van der Waals surface area contributed by atoms with E-state index < -0.39 is 5.43 Å². The maximum Gasteiger partial charge on any atom is 0.239 e. The van der Waals surface area contributed by atoms with E-state index in [9.17, 15) is 15.0 Å². The monoisotopic (exact) mass is 427 g/mol. The lowest BCUT2D eigenvalue weighted by Crippen LogP contribution is -2.10. The van der Waals surface area contributed by atoms with E-state index in [-0.39, 0.29) is 46.0 Å². The molecule has 0 radical (unpaired) electrons. The zero-order chi connectivity index (χ0) is 22.0. The Hall–Kier alpha value is -3.06. The number of nitrogens with zero attached hydrogens (tertiary/aromatic N) is 1. The van der Waals surface area contributed by atoms with Crippen molar-refractivity contribution in [3.05, 3.63) is 55.5 Å². The quantitative estimate of drug-likeness (QED) is 0.515. The minimum atomic E-state index is -0.504. The van der Waals surface area contributed by atoms with Gasteiger partial charge in [0, 0.05) is 16.5 Å². The lowest BCUT2D eigenvalue weighted by molar-refractivity contribution is 0.396. The number of thiazole rings is 1. The molecule has 0 saturated heterocycles. The molecule has 0 aliphatic rings. The summed E-state index contributed by atoms with van der Waals surface area (Å²) in [5.41, 5.74) is 4.53. The number of hydrogen-bond acceptors (Lipinski definition) is 7. The summed E-state index contributed by atoms with van der Waals surface area (Å²) in [6.07, 6.45) is 4.45. The lowest BCUT2D eigenvalue weighted by atomic mass is 9.96. The average molecular weight is 428 g/mol. The van der Waals surface area contributed by atoms with E-state index >= 15 is 0 Å². The number of ether oxygens (including phenoxy) is 1. The van der Waals surface area contributed by atoms with Crippen molar-refractivity contribution in [2.75, 3.05) is 7.11 Å². The summed E-state index contributed by atoms with van der Waals surface area (Å²) in [5.74, 6) is -0.230. The molecule has 2 aromatic heterocycles. The van der Waals surface area contributed by atoms with E-state index in [1.807, 2.05) is 39.8 Å². The third-order valence-corrected chi connectivity index (χ3v) is 5.32. The molecule has 0 saturated carbocycles. The number of phenols is 2. The van der Waals surface area contributed by atoms with Crippen LogP contribution in [0.1, 0.15) is 38.8 Å². The van der Waals surface area contributed by atoms with E-state index in [1.165, 1.54) is 18.4 Å². The van der Waals surface area contributed by atoms with Gasteiger partial charge in [0.25, 0.3) is 0 Å². The molecule has 0 aliphatic carbocycles. The highest BCUT2D eigenvalue weighted by Gasteiger charge is 2.26. The highest BCUT2D eigenvalue weighted by molar-refractivity contribution is 7.07. The third-order valence-electron chi connectivity index (χ3n) is 4.74. The van der Waals surface area contributed by atoms with Gasteiger partial charge in [0.2, 0.25) is 11.2 Å². The van der Waals surface area contributed by atoms with Crippen LogP contribution in [0, 0.1) is 0 Å². The summed E-state index contributed by atoms with van der Waals surface area (Å²) in [6.45, 7) is 7.75. The van der Waals surface area contributed by atoms with Gasteiger partial charge in [-0.25, -0.2) is 4.98 Å². The van der Waals surface area contributed by atoms with Crippen LogP contribution in [0.25, 0.3) is 22.4 Å².